The number of ether oxygens (including phenoxy) is 1. The Balaban J connectivity index is 0.00000450. The zero-order chi connectivity index (χ0) is 21.1. The van der Waals surface area contributed by atoms with Crippen molar-refractivity contribution in [3.63, 3.8) is 0 Å². The fraction of sp³-hybridized carbons (Fsp3) is 0.722. The summed E-state index contributed by atoms with van der Waals surface area (Å²) in [7, 11) is 1.71. The summed E-state index contributed by atoms with van der Waals surface area (Å²) in [5, 5.41) is 9.42. The third kappa shape index (κ3) is 9.60. The van der Waals surface area contributed by atoms with Crippen LogP contribution in [0.1, 0.15) is 25.5 Å². The van der Waals surface area contributed by atoms with Gasteiger partial charge in [-0.1, -0.05) is 0 Å². The van der Waals surface area contributed by atoms with Crippen molar-refractivity contribution in [1.29, 1.82) is 0 Å². The number of alkyl halides is 3. The molecular weight excluding hydrogens is 514 g/mol. The molecule has 172 valence electrons. The van der Waals surface area contributed by atoms with Crippen LogP contribution in [0.4, 0.5) is 19.1 Å². The van der Waals surface area contributed by atoms with Crippen molar-refractivity contribution in [1.82, 2.24) is 25.5 Å². The van der Waals surface area contributed by atoms with E-state index in [1.165, 1.54) is 0 Å². The van der Waals surface area contributed by atoms with Gasteiger partial charge in [0.25, 0.3) is 0 Å². The van der Waals surface area contributed by atoms with E-state index >= 15 is 0 Å². The van der Waals surface area contributed by atoms with Gasteiger partial charge in [-0.25, -0.2) is 9.97 Å². The van der Waals surface area contributed by atoms with Gasteiger partial charge in [-0.05, 0) is 25.8 Å². The molecule has 12 heteroatoms. The van der Waals surface area contributed by atoms with E-state index in [0.717, 1.165) is 57.9 Å². The Labute approximate surface area is 192 Å². The van der Waals surface area contributed by atoms with Gasteiger partial charge in [0.15, 0.2) is 5.96 Å². The Morgan fingerprint density at radius 3 is 2.70 bits per heavy atom. The van der Waals surface area contributed by atoms with E-state index in [-0.39, 0.29) is 29.9 Å². The van der Waals surface area contributed by atoms with Crippen LogP contribution in [0, 0.1) is 0 Å². The van der Waals surface area contributed by atoms with Gasteiger partial charge in [0.2, 0.25) is 5.95 Å². The standard InChI is InChI=1S/C18H30F3N7O.HI/c1-3-22-16(26-14-5-10-28(11-6-14)12-13-29-2)24-8-9-25-17-23-7-4-15(27-17)18(19,20)21;/h4,7,14H,3,5-6,8-13H2,1-2H3,(H2,22,24,26)(H,23,25,27);1H. The highest BCUT2D eigenvalue weighted by Gasteiger charge is 2.32. The van der Waals surface area contributed by atoms with Gasteiger partial charge in [-0.2, -0.15) is 13.2 Å². The number of anilines is 1. The van der Waals surface area contributed by atoms with E-state index in [4.69, 9.17) is 4.74 Å². The Kier molecular flexibility index (Phi) is 12.3. The smallest absolute Gasteiger partial charge is 0.383 e. The van der Waals surface area contributed by atoms with Crippen molar-refractivity contribution < 1.29 is 17.9 Å². The monoisotopic (exact) mass is 545 g/mol. The summed E-state index contributed by atoms with van der Waals surface area (Å²) < 4.78 is 43.2. The molecule has 0 amide bonds. The van der Waals surface area contributed by atoms with E-state index in [0.29, 0.717) is 25.1 Å². The van der Waals surface area contributed by atoms with Crippen molar-refractivity contribution in [2.75, 3.05) is 58.3 Å². The number of aromatic nitrogens is 2. The number of halogens is 4. The fourth-order valence-electron chi connectivity index (χ4n) is 2.97. The summed E-state index contributed by atoms with van der Waals surface area (Å²) >= 11 is 0. The second-order valence-electron chi connectivity index (χ2n) is 6.70. The third-order valence-corrected chi connectivity index (χ3v) is 4.50. The number of guanidine groups is 1. The molecule has 3 N–H and O–H groups in total. The molecular formula is C18H31F3IN7O. The largest absolute Gasteiger partial charge is 0.433 e. The molecule has 0 aromatic carbocycles. The first kappa shape index (κ1) is 26.6. The van der Waals surface area contributed by atoms with E-state index in [1.54, 1.807) is 7.11 Å². The van der Waals surface area contributed by atoms with Crippen LogP contribution in [-0.2, 0) is 10.9 Å². The maximum atomic E-state index is 12.7. The maximum Gasteiger partial charge on any atom is 0.433 e. The van der Waals surface area contributed by atoms with Crippen LogP contribution in [0.5, 0.6) is 0 Å². The molecule has 2 rings (SSSR count). The molecule has 1 aliphatic rings. The molecule has 1 saturated heterocycles. The predicted molar refractivity (Wildman–Crippen MR) is 121 cm³/mol. The highest BCUT2D eigenvalue weighted by atomic mass is 127. The molecule has 0 saturated carbocycles. The van der Waals surface area contributed by atoms with Crippen molar-refractivity contribution in [3.05, 3.63) is 18.0 Å². The summed E-state index contributed by atoms with van der Waals surface area (Å²) in [6, 6.07) is 1.18. The summed E-state index contributed by atoms with van der Waals surface area (Å²) in [6.45, 7) is 7.12. The normalized spacial score (nSPS) is 16.1. The van der Waals surface area contributed by atoms with E-state index in [9.17, 15) is 13.2 Å². The molecule has 0 bridgehead atoms. The van der Waals surface area contributed by atoms with E-state index in [1.807, 2.05) is 6.92 Å². The second kappa shape index (κ2) is 13.8. The SMILES string of the molecule is CCNC(=NCCNc1nccc(C(F)(F)F)n1)NC1CCN(CCOC)CC1.I. The Morgan fingerprint density at radius 2 is 2.07 bits per heavy atom. The summed E-state index contributed by atoms with van der Waals surface area (Å²) in [5.74, 6) is 0.644. The van der Waals surface area contributed by atoms with Crippen LogP contribution < -0.4 is 16.0 Å². The van der Waals surface area contributed by atoms with Gasteiger partial charge in [0, 0.05) is 52.1 Å². The lowest BCUT2D eigenvalue weighted by atomic mass is 10.1. The molecule has 1 aliphatic heterocycles. The van der Waals surface area contributed by atoms with Crippen LogP contribution in [-0.4, -0.2) is 79.9 Å². The molecule has 8 nitrogen and oxygen atoms in total. The zero-order valence-electron chi connectivity index (χ0n) is 17.3. The number of piperidine rings is 1. The average molecular weight is 545 g/mol. The van der Waals surface area contributed by atoms with Crippen molar-refractivity contribution >= 4 is 35.9 Å². The molecule has 0 aliphatic carbocycles. The highest BCUT2D eigenvalue weighted by molar-refractivity contribution is 14.0. The maximum absolute atomic E-state index is 12.7. The van der Waals surface area contributed by atoms with Crippen molar-refractivity contribution in [2.45, 2.75) is 32.0 Å². The first-order valence-corrected chi connectivity index (χ1v) is 9.82. The average Bonchev–Trinajstić information content (AvgIpc) is 2.70. The van der Waals surface area contributed by atoms with E-state index in [2.05, 4.69) is 35.8 Å². The number of nitrogens with zero attached hydrogens (tertiary/aromatic N) is 4. The minimum Gasteiger partial charge on any atom is -0.383 e. The van der Waals surface area contributed by atoms with Gasteiger partial charge < -0.3 is 25.6 Å². The number of hydrogen-bond acceptors (Lipinski definition) is 6. The molecule has 0 radical (unpaired) electrons. The molecule has 30 heavy (non-hydrogen) atoms. The summed E-state index contributed by atoms with van der Waals surface area (Å²) in [4.78, 5) is 14.2. The summed E-state index contributed by atoms with van der Waals surface area (Å²) in [5.41, 5.74) is -0.967. The minimum absolute atomic E-state index is 0. The third-order valence-electron chi connectivity index (χ3n) is 4.50. The topological polar surface area (TPSA) is 86.7 Å². The minimum atomic E-state index is -4.49. The lowest BCUT2D eigenvalue weighted by molar-refractivity contribution is -0.141. The molecule has 0 unspecified atom stereocenters. The lowest BCUT2D eigenvalue weighted by Gasteiger charge is -2.32. The van der Waals surface area contributed by atoms with Crippen LogP contribution in [0.25, 0.3) is 0 Å². The fourth-order valence-corrected chi connectivity index (χ4v) is 2.97. The Bertz CT molecular complexity index is 640. The Hall–Kier alpha value is -1.41. The number of methoxy groups -OCH3 is 1. The van der Waals surface area contributed by atoms with E-state index < -0.39 is 11.9 Å². The molecule has 1 fully saturated rings. The van der Waals surface area contributed by atoms with Crippen molar-refractivity contribution in [2.24, 2.45) is 4.99 Å². The van der Waals surface area contributed by atoms with Crippen LogP contribution >= 0.6 is 24.0 Å². The number of likely N-dealkylation sites (tertiary alicyclic amines) is 1. The summed E-state index contributed by atoms with van der Waals surface area (Å²) in [6.07, 6.45) is -1.36. The van der Waals surface area contributed by atoms with Gasteiger partial charge >= 0.3 is 6.18 Å². The number of rotatable bonds is 9. The van der Waals surface area contributed by atoms with Crippen LogP contribution in [0.3, 0.4) is 0 Å². The first-order chi connectivity index (χ1) is 13.9. The van der Waals surface area contributed by atoms with Gasteiger partial charge in [0.1, 0.15) is 5.69 Å². The van der Waals surface area contributed by atoms with Gasteiger partial charge in [0.05, 0.1) is 13.2 Å². The quantitative estimate of drug-likeness (QED) is 0.190. The number of aliphatic imine (C=N–C) groups is 1. The molecule has 1 aromatic heterocycles. The van der Waals surface area contributed by atoms with Crippen molar-refractivity contribution in [3.8, 4) is 0 Å². The molecule has 0 atom stereocenters. The van der Waals surface area contributed by atoms with Gasteiger partial charge in [-0.15, -0.1) is 24.0 Å². The second-order valence-corrected chi connectivity index (χ2v) is 6.70. The van der Waals surface area contributed by atoms with Gasteiger partial charge in [-0.3, -0.25) is 4.99 Å². The number of hydrogen-bond donors (Lipinski definition) is 3. The predicted octanol–water partition coefficient (Wildman–Crippen LogP) is 2.19. The van der Waals surface area contributed by atoms with Crippen LogP contribution in [0.15, 0.2) is 17.3 Å². The first-order valence-electron chi connectivity index (χ1n) is 9.82. The molecule has 1 aromatic rings. The molecule has 0 spiro atoms. The highest BCUT2D eigenvalue weighted by Crippen LogP contribution is 2.27. The van der Waals surface area contributed by atoms with Crippen LogP contribution in [0.2, 0.25) is 0 Å². The zero-order valence-corrected chi connectivity index (χ0v) is 19.7. The molecule has 2 heterocycles. The Morgan fingerprint density at radius 1 is 1.33 bits per heavy atom. The lowest BCUT2D eigenvalue weighted by Crippen LogP contribution is -2.49. The number of nitrogens with one attached hydrogen (secondary N) is 3.